The van der Waals surface area contributed by atoms with Crippen molar-refractivity contribution in [3.63, 3.8) is 0 Å². The predicted molar refractivity (Wildman–Crippen MR) is 90.9 cm³/mol. The van der Waals surface area contributed by atoms with E-state index >= 15 is 0 Å². The second-order valence-corrected chi connectivity index (χ2v) is 6.14. The van der Waals surface area contributed by atoms with Crippen molar-refractivity contribution in [2.24, 2.45) is 0 Å². The molecule has 0 bridgehead atoms. The van der Waals surface area contributed by atoms with Crippen molar-refractivity contribution in [2.75, 3.05) is 0 Å². The molecule has 1 heterocycles. The van der Waals surface area contributed by atoms with Crippen LogP contribution in [-0.4, -0.2) is 10.8 Å². The van der Waals surface area contributed by atoms with Crippen LogP contribution in [0.1, 0.15) is 35.4 Å². The molecular weight excluding hydrogens is 304 g/mol. The third-order valence-electron chi connectivity index (χ3n) is 4.76. The Bertz CT molecular complexity index is 868. The molecule has 0 spiro atoms. The van der Waals surface area contributed by atoms with Crippen LogP contribution in [0.2, 0.25) is 0 Å². The molecule has 0 aromatic heterocycles. The fourth-order valence-corrected chi connectivity index (χ4v) is 3.59. The molecule has 24 heavy (non-hydrogen) atoms. The summed E-state index contributed by atoms with van der Waals surface area (Å²) in [4.78, 5) is 10.5. The van der Waals surface area contributed by atoms with Crippen molar-refractivity contribution < 1.29 is 9.66 Å². The van der Waals surface area contributed by atoms with E-state index < -0.39 is 4.92 Å². The number of aryl methyl sites for hydroxylation is 1. The second-order valence-electron chi connectivity index (χ2n) is 6.14. The van der Waals surface area contributed by atoms with Crippen molar-refractivity contribution >= 4 is 17.3 Å². The fourth-order valence-electron chi connectivity index (χ4n) is 3.59. The first-order valence-electron chi connectivity index (χ1n) is 7.94. The van der Waals surface area contributed by atoms with Crippen molar-refractivity contribution in [3.05, 3.63) is 80.9 Å². The van der Waals surface area contributed by atoms with Crippen LogP contribution in [0.3, 0.4) is 0 Å². The molecule has 2 aromatic carbocycles. The highest BCUT2D eigenvalue weighted by Gasteiger charge is 2.33. The van der Waals surface area contributed by atoms with Crippen LogP contribution in [0.25, 0.3) is 5.76 Å². The summed E-state index contributed by atoms with van der Waals surface area (Å²) in [6.07, 6.45) is 2.34. The third kappa shape index (κ3) is 2.38. The molecule has 1 unspecified atom stereocenters. The first kappa shape index (κ1) is 14.6. The monoisotopic (exact) mass is 320 g/mol. The van der Waals surface area contributed by atoms with Gasteiger partial charge in [0.1, 0.15) is 5.76 Å². The van der Waals surface area contributed by atoms with Gasteiger partial charge in [-0.25, -0.2) is 0 Å². The summed E-state index contributed by atoms with van der Waals surface area (Å²) in [6.45, 7) is 0. The van der Waals surface area contributed by atoms with Crippen molar-refractivity contribution in [2.45, 2.75) is 25.2 Å². The van der Waals surface area contributed by atoms with E-state index in [1.54, 1.807) is 12.1 Å². The number of hydrogen-bond acceptors (Lipinski definition) is 4. The van der Waals surface area contributed by atoms with Crippen LogP contribution in [0.4, 0.5) is 5.69 Å². The number of allylic oxidation sites excluding steroid dienone is 1. The van der Waals surface area contributed by atoms with Gasteiger partial charge < -0.3 is 4.74 Å². The topological polar surface area (TPSA) is 76.2 Å². The summed E-state index contributed by atoms with van der Waals surface area (Å²) in [5.74, 6) is 1.10. The zero-order valence-electron chi connectivity index (χ0n) is 13.0. The Morgan fingerprint density at radius 3 is 2.58 bits per heavy atom. The number of benzene rings is 2. The van der Waals surface area contributed by atoms with Gasteiger partial charge >= 0.3 is 0 Å². The summed E-state index contributed by atoms with van der Waals surface area (Å²) < 4.78 is 5.79. The van der Waals surface area contributed by atoms with Gasteiger partial charge in [0.2, 0.25) is 0 Å². The second kappa shape index (κ2) is 5.60. The number of nitro groups is 1. The number of nitrogens with one attached hydrogen (secondary N) is 1. The Morgan fingerprint density at radius 1 is 1.08 bits per heavy atom. The van der Waals surface area contributed by atoms with Crippen LogP contribution >= 0.6 is 0 Å². The van der Waals surface area contributed by atoms with E-state index in [4.69, 9.17) is 10.1 Å². The molecule has 1 atom stereocenters. The summed E-state index contributed by atoms with van der Waals surface area (Å²) in [7, 11) is 0. The molecule has 4 rings (SSSR count). The first-order chi connectivity index (χ1) is 11.6. The van der Waals surface area contributed by atoms with Gasteiger partial charge in [0.25, 0.3) is 5.69 Å². The number of rotatable bonds is 2. The molecule has 0 fully saturated rings. The molecule has 0 saturated heterocycles. The zero-order valence-corrected chi connectivity index (χ0v) is 13.0. The molecule has 120 valence electrons. The van der Waals surface area contributed by atoms with Gasteiger partial charge in [-0.3, -0.25) is 15.5 Å². The molecular formula is C19H16N2O3. The highest BCUT2D eigenvalue weighted by molar-refractivity contribution is 5.87. The van der Waals surface area contributed by atoms with E-state index in [9.17, 15) is 10.1 Å². The average molecular weight is 320 g/mol. The lowest BCUT2D eigenvalue weighted by Gasteiger charge is -2.33. The fraction of sp³-hybridized carbons (Fsp3) is 0.211. The molecule has 2 aliphatic rings. The Labute approximate surface area is 139 Å². The van der Waals surface area contributed by atoms with E-state index in [1.165, 1.54) is 23.3 Å². The van der Waals surface area contributed by atoms with Crippen LogP contribution in [0, 0.1) is 15.5 Å². The highest BCUT2D eigenvalue weighted by Crippen LogP contribution is 2.44. The van der Waals surface area contributed by atoms with Gasteiger partial charge in [-0.1, -0.05) is 36.4 Å². The van der Waals surface area contributed by atoms with E-state index in [2.05, 4.69) is 6.07 Å². The van der Waals surface area contributed by atoms with Crippen LogP contribution in [0.15, 0.2) is 54.1 Å². The van der Waals surface area contributed by atoms with Crippen LogP contribution < -0.4 is 0 Å². The number of hydrogen-bond donors (Lipinski definition) is 1. The highest BCUT2D eigenvalue weighted by atomic mass is 16.6. The SMILES string of the molecule is N=C1CC(c2ccc([N+](=O)[O-])cc2)C2=C(O1)c1ccccc1CC2. The molecule has 1 aliphatic carbocycles. The van der Waals surface area contributed by atoms with Crippen LogP contribution in [-0.2, 0) is 11.2 Å². The minimum absolute atomic E-state index is 0.0513. The maximum Gasteiger partial charge on any atom is 0.269 e. The molecule has 0 amide bonds. The van der Waals surface area contributed by atoms with E-state index in [1.807, 2.05) is 18.2 Å². The van der Waals surface area contributed by atoms with Gasteiger partial charge in [0.15, 0.2) is 5.90 Å². The Morgan fingerprint density at radius 2 is 1.83 bits per heavy atom. The lowest BCUT2D eigenvalue weighted by Crippen LogP contribution is -2.23. The van der Waals surface area contributed by atoms with Crippen LogP contribution in [0.5, 0.6) is 0 Å². The van der Waals surface area contributed by atoms with Gasteiger partial charge in [-0.15, -0.1) is 0 Å². The molecule has 5 nitrogen and oxygen atoms in total. The largest absolute Gasteiger partial charge is 0.443 e. The van der Waals surface area contributed by atoms with E-state index in [0.717, 1.165) is 29.7 Å². The number of ether oxygens (including phenoxy) is 1. The van der Waals surface area contributed by atoms with Gasteiger partial charge in [0, 0.05) is 30.0 Å². The Hall–Kier alpha value is -2.95. The first-order valence-corrected chi connectivity index (χ1v) is 7.94. The summed E-state index contributed by atoms with van der Waals surface area (Å²) in [5.41, 5.74) is 4.59. The minimum atomic E-state index is -0.392. The molecule has 0 radical (unpaired) electrons. The zero-order chi connectivity index (χ0) is 16.7. The third-order valence-corrected chi connectivity index (χ3v) is 4.76. The number of fused-ring (bicyclic) bond motifs is 2. The normalized spacial score (nSPS) is 19.3. The number of nitro benzene ring substituents is 1. The van der Waals surface area contributed by atoms with Gasteiger partial charge in [0.05, 0.1) is 4.92 Å². The molecule has 2 aromatic rings. The maximum atomic E-state index is 10.8. The van der Waals surface area contributed by atoms with Gasteiger partial charge in [-0.05, 0) is 29.5 Å². The van der Waals surface area contributed by atoms with Crippen molar-refractivity contribution in [1.82, 2.24) is 0 Å². The maximum absolute atomic E-state index is 10.8. The molecule has 0 saturated carbocycles. The summed E-state index contributed by atoms with van der Waals surface area (Å²) in [5, 5.41) is 18.9. The standard InChI is InChI=1S/C19H16N2O3/c20-18-11-17(13-5-8-14(9-6-13)21(22)23)16-10-7-12-3-1-2-4-15(12)19(16)24-18/h1-6,8-9,17,20H,7,10-11H2. The lowest BCUT2D eigenvalue weighted by molar-refractivity contribution is -0.384. The Balaban J connectivity index is 1.79. The van der Waals surface area contributed by atoms with E-state index in [-0.39, 0.29) is 17.5 Å². The van der Waals surface area contributed by atoms with Crippen molar-refractivity contribution in [1.29, 1.82) is 5.41 Å². The molecule has 1 aliphatic heterocycles. The Kier molecular flexibility index (Phi) is 3.41. The summed E-state index contributed by atoms with van der Waals surface area (Å²) in [6, 6.07) is 14.8. The minimum Gasteiger partial charge on any atom is -0.443 e. The molecule has 5 heteroatoms. The van der Waals surface area contributed by atoms with E-state index in [0.29, 0.717) is 6.42 Å². The number of non-ortho nitro benzene ring substituents is 1. The van der Waals surface area contributed by atoms with Gasteiger partial charge in [-0.2, -0.15) is 0 Å². The molecule has 1 N–H and O–H groups in total. The smallest absolute Gasteiger partial charge is 0.269 e. The number of nitrogens with zero attached hydrogens (tertiary/aromatic N) is 1. The lowest BCUT2D eigenvalue weighted by atomic mass is 9.78. The predicted octanol–water partition coefficient (Wildman–Crippen LogP) is 4.43. The average Bonchev–Trinajstić information content (AvgIpc) is 2.61. The van der Waals surface area contributed by atoms with Crippen molar-refractivity contribution in [3.8, 4) is 0 Å². The summed E-state index contributed by atoms with van der Waals surface area (Å²) >= 11 is 0. The quantitative estimate of drug-likeness (QED) is 0.656.